The van der Waals surface area contributed by atoms with Gasteiger partial charge in [0.1, 0.15) is 5.82 Å². The van der Waals surface area contributed by atoms with Crippen molar-refractivity contribution in [1.82, 2.24) is 9.55 Å². The van der Waals surface area contributed by atoms with Gasteiger partial charge in [-0.3, -0.25) is 4.79 Å². The molecule has 126 valence electrons. The summed E-state index contributed by atoms with van der Waals surface area (Å²) in [7, 11) is 0. The number of hydrogen-bond acceptors (Lipinski definition) is 2. The molecule has 4 heteroatoms. The number of carbonyl (C=O) groups is 1. The third-order valence-corrected chi connectivity index (χ3v) is 5.38. The molecule has 1 saturated carbocycles. The molecule has 2 heterocycles. The number of anilines is 1. The van der Waals surface area contributed by atoms with Crippen molar-refractivity contribution in [2.75, 3.05) is 5.32 Å². The van der Waals surface area contributed by atoms with E-state index in [1.54, 1.807) is 0 Å². The molecule has 0 unspecified atom stereocenters. The average Bonchev–Trinajstić information content (AvgIpc) is 3.25. The van der Waals surface area contributed by atoms with Gasteiger partial charge in [0.05, 0.1) is 0 Å². The van der Waals surface area contributed by atoms with Gasteiger partial charge in [-0.25, -0.2) is 4.98 Å². The number of hydrogen-bond donors (Lipinski definition) is 1. The highest BCUT2D eigenvalue weighted by Gasteiger charge is 2.19. The summed E-state index contributed by atoms with van der Waals surface area (Å²) in [5.74, 6) is 1.78. The molecule has 0 spiro atoms. The van der Waals surface area contributed by atoms with Crippen LogP contribution in [0.15, 0.2) is 30.5 Å². The molecule has 4 rings (SSSR count). The maximum absolute atomic E-state index is 12.1. The van der Waals surface area contributed by atoms with Crippen molar-refractivity contribution < 1.29 is 4.79 Å². The van der Waals surface area contributed by atoms with E-state index < -0.39 is 0 Å². The monoisotopic (exact) mass is 323 g/mol. The Labute approximate surface area is 143 Å². The Balaban J connectivity index is 1.43. The number of aromatic nitrogens is 2. The summed E-state index contributed by atoms with van der Waals surface area (Å²) in [4.78, 5) is 16.7. The largest absolute Gasteiger partial charge is 0.328 e. The van der Waals surface area contributed by atoms with E-state index in [0.717, 1.165) is 30.0 Å². The smallest absolute Gasteiger partial charge is 0.224 e. The molecule has 24 heavy (non-hydrogen) atoms. The number of benzene rings is 1. The molecule has 1 amide bonds. The SMILES string of the molecule is O=C(CC1CCCC1)Nc1ccc(-c2ncc3n2CCCC3)cc1. The molecule has 4 nitrogen and oxygen atoms in total. The van der Waals surface area contributed by atoms with E-state index in [9.17, 15) is 4.79 Å². The normalized spacial score (nSPS) is 17.7. The van der Waals surface area contributed by atoms with Gasteiger partial charge in [0.15, 0.2) is 0 Å². The molecule has 2 aromatic rings. The maximum atomic E-state index is 12.1. The third kappa shape index (κ3) is 3.23. The fourth-order valence-corrected chi connectivity index (χ4v) is 4.06. The number of rotatable bonds is 4. The lowest BCUT2D eigenvalue weighted by Crippen LogP contribution is -2.15. The van der Waals surface area contributed by atoms with Crippen LogP contribution in [0.25, 0.3) is 11.4 Å². The number of amides is 1. The second-order valence-corrected chi connectivity index (χ2v) is 7.16. The van der Waals surface area contributed by atoms with Crippen LogP contribution in [0, 0.1) is 5.92 Å². The summed E-state index contributed by atoms with van der Waals surface area (Å²) >= 11 is 0. The second kappa shape index (κ2) is 6.80. The molecule has 0 saturated heterocycles. The van der Waals surface area contributed by atoms with Crippen molar-refractivity contribution in [1.29, 1.82) is 0 Å². The van der Waals surface area contributed by atoms with Crippen molar-refractivity contribution in [3.05, 3.63) is 36.2 Å². The van der Waals surface area contributed by atoms with Crippen LogP contribution < -0.4 is 5.32 Å². The van der Waals surface area contributed by atoms with E-state index in [-0.39, 0.29) is 5.91 Å². The summed E-state index contributed by atoms with van der Waals surface area (Å²) in [5.41, 5.74) is 3.34. The molecule has 1 fully saturated rings. The molecule has 1 N–H and O–H groups in total. The minimum Gasteiger partial charge on any atom is -0.328 e. The van der Waals surface area contributed by atoms with E-state index in [1.165, 1.54) is 44.2 Å². The second-order valence-electron chi connectivity index (χ2n) is 7.16. The van der Waals surface area contributed by atoms with Gasteiger partial charge in [0, 0.05) is 36.1 Å². The molecule has 1 aliphatic carbocycles. The third-order valence-electron chi connectivity index (χ3n) is 5.38. The lowest BCUT2D eigenvalue weighted by Gasteiger charge is -2.16. The van der Waals surface area contributed by atoms with Crippen LogP contribution in [-0.4, -0.2) is 15.5 Å². The Morgan fingerprint density at radius 3 is 2.71 bits per heavy atom. The molecule has 0 bridgehead atoms. The molecule has 1 aromatic heterocycles. The fourth-order valence-electron chi connectivity index (χ4n) is 4.06. The van der Waals surface area contributed by atoms with Gasteiger partial charge in [-0.15, -0.1) is 0 Å². The fraction of sp³-hybridized carbons (Fsp3) is 0.500. The van der Waals surface area contributed by atoms with Gasteiger partial charge in [0.2, 0.25) is 5.91 Å². The topological polar surface area (TPSA) is 46.9 Å². The average molecular weight is 323 g/mol. The zero-order valence-corrected chi connectivity index (χ0v) is 14.1. The van der Waals surface area contributed by atoms with E-state index >= 15 is 0 Å². The first-order chi connectivity index (χ1) is 11.8. The van der Waals surface area contributed by atoms with E-state index in [4.69, 9.17) is 0 Å². The number of fused-ring (bicyclic) bond motifs is 1. The standard InChI is InChI=1S/C20H25N3O/c24-19(13-15-5-1-2-6-15)22-17-10-8-16(9-11-17)20-21-14-18-7-3-4-12-23(18)20/h8-11,14-15H,1-7,12-13H2,(H,22,24). The first-order valence-electron chi connectivity index (χ1n) is 9.24. The van der Waals surface area contributed by atoms with Crippen molar-refractivity contribution >= 4 is 11.6 Å². The quantitative estimate of drug-likeness (QED) is 0.906. The van der Waals surface area contributed by atoms with Gasteiger partial charge in [-0.2, -0.15) is 0 Å². The van der Waals surface area contributed by atoms with Crippen molar-refractivity contribution in [3.63, 3.8) is 0 Å². The first-order valence-corrected chi connectivity index (χ1v) is 9.24. The van der Waals surface area contributed by atoms with Crippen LogP contribution in [0.2, 0.25) is 0 Å². The molecule has 0 radical (unpaired) electrons. The van der Waals surface area contributed by atoms with Gasteiger partial charge in [0.25, 0.3) is 0 Å². The molecular weight excluding hydrogens is 298 g/mol. The lowest BCUT2D eigenvalue weighted by atomic mass is 10.0. The van der Waals surface area contributed by atoms with Crippen LogP contribution in [0.1, 0.15) is 50.6 Å². The van der Waals surface area contributed by atoms with Crippen molar-refractivity contribution in [2.24, 2.45) is 5.92 Å². The Morgan fingerprint density at radius 1 is 1.12 bits per heavy atom. The van der Waals surface area contributed by atoms with Gasteiger partial charge >= 0.3 is 0 Å². The Morgan fingerprint density at radius 2 is 1.92 bits per heavy atom. The minimum absolute atomic E-state index is 0.146. The summed E-state index contributed by atoms with van der Waals surface area (Å²) in [6.07, 6.45) is 11.3. The van der Waals surface area contributed by atoms with Crippen LogP contribution in [0.3, 0.4) is 0 Å². The van der Waals surface area contributed by atoms with Crippen LogP contribution in [-0.2, 0) is 17.8 Å². The van der Waals surface area contributed by atoms with Crippen LogP contribution in [0.4, 0.5) is 5.69 Å². The predicted molar refractivity (Wildman–Crippen MR) is 95.8 cm³/mol. The minimum atomic E-state index is 0.146. The van der Waals surface area contributed by atoms with E-state index in [0.29, 0.717) is 12.3 Å². The molecular formula is C20H25N3O. The molecule has 1 aromatic carbocycles. The van der Waals surface area contributed by atoms with E-state index in [1.807, 2.05) is 18.3 Å². The molecule has 1 aliphatic heterocycles. The lowest BCUT2D eigenvalue weighted by molar-refractivity contribution is -0.117. The first kappa shape index (κ1) is 15.4. The van der Waals surface area contributed by atoms with Crippen molar-refractivity contribution in [3.8, 4) is 11.4 Å². The number of imidazole rings is 1. The Hall–Kier alpha value is -2.10. The number of carbonyl (C=O) groups excluding carboxylic acids is 1. The summed E-state index contributed by atoms with van der Waals surface area (Å²) in [6.45, 7) is 1.06. The summed E-state index contributed by atoms with van der Waals surface area (Å²) in [6, 6.07) is 8.11. The van der Waals surface area contributed by atoms with Crippen LogP contribution in [0.5, 0.6) is 0 Å². The van der Waals surface area contributed by atoms with Gasteiger partial charge < -0.3 is 9.88 Å². The number of aryl methyl sites for hydroxylation is 1. The van der Waals surface area contributed by atoms with Gasteiger partial charge in [-0.1, -0.05) is 12.8 Å². The highest BCUT2D eigenvalue weighted by molar-refractivity contribution is 5.91. The predicted octanol–water partition coefficient (Wildman–Crippen LogP) is 4.41. The summed E-state index contributed by atoms with van der Waals surface area (Å²) < 4.78 is 2.33. The molecule has 0 atom stereocenters. The Kier molecular flexibility index (Phi) is 4.37. The Bertz CT molecular complexity index is 711. The number of nitrogens with one attached hydrogen (secondary N) is 1. The van der Waals surface area contributed by atoms with Crippen molar-refractivity contribution in [2.45, 2.75) is 57.9 Å². The zero-order valence-electron chi connectivity index (χ0n) is 14.1. The zero-order chi connectivity index (χ0) is 16.4. The van der Waals surface area contributed by atoms with E-state index in [2.05, 4.69) is 27.0 Å². The molecule has 2 aliphatic rings. The number of nitrogens with zero attached hydrogens (tertiary/aromatic N) is 2. The highest BCUT2D eigenvalue weighted by atomic mass is 16.1. The van der Waals surface area contributed by atoms with Crippen LogP contribution >= 0.6 is 0 Å². The maximum Gasteiger partial charge on any atom is 0.224 e. The summed E-state index contributed by atoms with van der Waals surface area (Å²) in [5, 5.41) is 3.04. The highest BCUT2D eigenvalue weighted by Crippen LogP contribution is 2.28. The van der Waals surface area contributed by atoms with Gasteiger partial charge in [-0.05, 0) is 62.3 Å².